The van der Waals surface area contributed by atoms with Crippen molar-refractivity contribution in [1.82, 2.24) is 10.2 Å². The standard InChI is InChI=1S/C26H30N2O4/c1-18-21-11-10-20(31-2)16-24(21)32-26(30)22(18)12-13-25(29)27-17-23(28-14-6-7-15-28)19-8-4-3-5-9-19/h3-5,8-11,16,23H,6-7,12-15,17H2,1-2H3,(H,27,29). The van der Waals surface area contributed by atoms with Gasteiger partial charge in [-0.15, -0.1) is 0 Å². The highest BCUT2D eigenvalue weighted by Gasteiger charge is 2.24. The zero-order valence-electron chi connectivity index (χ0n) is 18.7. The van der Waals surface area contributed by atoms with Crippen molar-refractivity contribution in [3.05, 3.63) is 75.6 Å². The fourth-order valence-electron chi connectivity index (χ4n) is 4.51. The molecule has 32 heavy (non-hydrogen) atoms. The number of fused-ring (bicyclic) bond motifs is 1. The van der Waals surface area contributed by atoms with Crippen molar-refractivity contribution < 1.29 is 13.9 Å². The van der Waals surface area contributed by atoms with Crippen molar-refractivity contribution in [1.29, 1.82) is 0 Å². The minimum absolute atomic E-state index is 0.0567. The zero-order valence-corrected chi connectivity index (χ0v) is 18.7. The van der Waals surface area contributed by atoms with Gasteiger partial charge in [-0.3, -0.25) is 9.69 Å². The van der Waals surface area contributed by atoms with Crippen molar-refractivity contribution in [2.45, 2.75) is 38.6 Å². The van der Waals surface area contributed by atoms with Crippen LogP contribution in [0.2, 0.25) is 0 Å². The molecule has 1 aromatic heterocycles. The molecule has 168 valence electrons. The van der Waals surface area contributed by atoms with Crippen LogP contribution in [0.3, 0.4) is 0 Å². The summed E-state index contributed by atoms with van der Waals surface area (Å²) in [7, 11) is 1.57. The summed E-state index contributed by atoms with van der Waals surface area (Å²) in [6, 6.07) is 15.9. The van der Waals surface area contributed by atoms with Crippen molar-refractivity contribution in [2.75, 3.05) is 26.7 Å². The molecule has 0 saturated carbocycles. The molecule has 2 aromatic carbocycles. The monoisotopic (exact) mass is 434 g/mol. The maximum Gasteiger partial charge on any atom is 0.339 e. The van der Waals surface area contributed by atoms with Gasteiger partial charge in [-0.2, -0.15) is 0 Å². The zero-order chi connectivity index (χ0) is 22.5. The van der Waals surface area contributed by atoms with Crippen LogP contribution < -0.4 is 15.7 Å². The summed E-state index contributed by atoms with van der Waals surface area (Å²) in [5, 5.41) is 3.95. The molecule has 0 spiro atoms. The number of amides is 1. The molecule has 6 nitrogen and oxygen atoms in total. The fraction of sp³-hybridized carbons (Fsp3) is 0.385. The first-order valence-corrected chi connectivity index (χ1v) is 11.2. The molecule has 1 fully saturated rings. The lowest BCUT2D eigenvalue weighted by molar-refractivity contribution is -0.121. The van der Waals surface area contributed by atoms with Gasteiger partial charge in [-0.25, -0.2) is 4.79 Å². The third kappa shape index (κ3) is 4.86. The maximum atomic E-state index is 12.7. The van der Waals surface area contributed by atoms with E-state index in [4.69, 9.17) is 9.15 Å². The first kappa shape index (κ1) is 22.1. The summed E-state index contributed by atoms with van der Waals surface area (Å²) >= 11 is 0. The second kappa shape index (κ2) is 10.0. The lowest BCUT2D eigenvalue weighted by atomic mass is 10.0. The average molecular weight is 435 g/mol. The Morgan fingerprint density at radius 2 is 1.91 bits per heavy atom. The molecule has 1 saturated heterocycles. The number of nitrogens with zero attached hydrogens (tertiary/aromatic N) is 1. The largest absolute Gasteiger partial charge is 0.497 e. The molecule has 4 rings (SSSR count). The van der Waals surface area contributed by atoms with E-state index in [0.717, 1.165) is 24.0 Å². The number of ether oxygens (including phenoxy) is 1. The lowest BCUT2D eigenvalue weighted by Gasteiger charge is -2.28. The SMILES string of the molecule is COc1ccc2c(C)c(CCC(=O)NCC(c3ccccc3)N3CCCC3)c(=O)oc2c1. The van der Waals surface area contributed by atoms with Gasteiger partial charge in [0.2, 0.25) is 5.91 Å². The average Bonchev–Trinajstić information content (AvgIpc) is 3.34. The number of hydrogen-bond donors (Lipinski definition) is 1. The van der Waals surface area contributed by atoms with Gasteiger partial charge in [0, 0.05) is 30.0 Å². The van der Waals surface area contributed by atoms with E-state index in [9.17, 15) is 9.59 Å². The second-order valence-electron chi connectivity index (χ2n) is 8.33. The molecule has 1 aliphatic heterocycles. The van der Waals surface area contributed by atoms with Gasteiger partial charge in [-0.1, -0.05) is 30.3 Å². The minimum atomic E-state index is -0.393. The number of nitrogens with one attached hydrogen (secondary N) is 1. The van der Waals surface area contributed by atoms with Gasteiger partial charge >= 0.3 is 5.63 Å². The fourth-order valence-corrected chi connectivity index (χ4v) is 4.51. The molecule has 1 N–H and O–H groups in total. The molecular weight excluding hydrogens is 404 g/mol. The number of aryl methyl sites for hydroxylation is 1. The highest BCUT2D eigenvalue weighted by molar-refractivity contribution is 5.82. The molecule has 1 unspecified atom stereocenters. The molecule has 1 amide bonds. The molecule has 3 aromatic rings. The molecule has 0 aliphatic carbocycles. The van der Waals surface area contributed by atoms with Gasteiger partial charge in [0.25, 0.3) is 0 Å². The topological polar surface area (TPSA) is 71.8 Å². The third-order valence-corrected chi connectivity index (χ3v) is 6.35. The van der Waals surface area contributed by atoms with E-state index in [1.54, 1.807) is 13.2 Å². The first-order chi connectivity index (χ1) is 15.6. The highest BCUT2D eigenvalue weighted by atomic mass is 16.5. The maximum absolute atomic E-state index is 12.7. The first-order valence-electron chi connectivity index (χ1n) is 11.2. The number of likely N-dealkylation sites (tertiary alicyclic amines) is 1. The Labute approximate surface area is 188 Å². The normalized spacial score (nSPS) is 15.1. The predicted octanol–water partition coefficient (Wildman–Crippen LogP) is 4.00. The van der Waals surface area contributed by atoms with E-state index in [-0.39, 0.29) is 18.4 Å². The summed E-state index contributed by atoms with van der Waals surface area (Å²) in [5.74, 6) is 0.580. The summed E-state index contributed by atoms with van der Waals surface area (Å²) < 4.78 is 10.7. The van der Waals surface area contributed by atoms with Crippen molar-refractivity contribution in [3.63, 3.8) is 0 Å². The molecule has 2 heterocycles. The smallest absolute Gasteiger partial charge is 0.339 e. The minimum Gasteiger partial charge on any atom is -0.497 e. The van der Waals surface area contributed by atoms with Crippen LogP contribution in [0.1, 0.15) is 42.0 Å². The number of methoxy groups -OCH3 is 1. The van der Waals surface area contributed by atoms with Gasteiger partial charge in [0.1, 0.15) is 11.3 Å². The Bertz CT molecular complexity index is 1130. The predicted molar refractivity (Wildman–Crippen MR) is 125 cm³/mol. The van der Waals surface area contributed by atoms with Crippen LogP contribution in [0.5, 0.6) is 5.75 Å². The van der Waals surface area contributed by atoms with Gasteiger partial charge in [-0.05, 0) is 62.5 Å². The Kier molecular flexibility index (Phi) is 6.90. The molecule has 0 bridgehead atoms. The van der Waals surface area contributed by atoms with Gasteiger partial charge < -0.3 is 14.5 Å². The Hall–Kier alpha value is -3.12. The van der Waals surface area contributed by atoms with Crippen LogP contribution in [-0.4, -0.2) is 37.6 Å². The van der Waals surface area contributed by atoms with Crippen LogP contribution in [0, 0.1) is 6.92 Å². The lowest BCUT2D eigenvalue weighted by Crippen LogP contribution is -2.37. The Morgan fingerprint density at radius 1 is 1.16 bits per heavy atom. The number of benzene rings is 2. The summed E-state index contributed by atoms with van der Waals surface area (Å²) in [6.45, 7) is 4.57. The van der Waals surface area contributed by atoms with Crippen LogP contribution in [0.25, 0.3) is 11.0 Å². The van der Waals surface area contributed by atoms with Crippen LogP contribution in [0.15, 0.2) is 57.7 Å². The van der Waals surface area contributed by atoms with Crippen molar-refractivity contribution >= 4 is 16.9 Å². The number of rotatable bonds is 8. The molecular formula is C26H30N2O4. The highest BCUT2D eigenvalue weighted by Crippen LogP contribution is 2.26. The Morgan fingerprint density at radius 3 is 2.62 bits per heavy atom. The third-order valence-electron chi connectivity index (χ3n) is 6.35. The van der Waals surface area contributed by atoms with E-state index < -0.39 is 5.63 Å². The number of carbonyl (C=O) groups is 1. The summed E-state index contributed by atoms with van der Waals surface area (Å²) in [4.78, 5) is 27.6. The molecule has 1 aliphatic rings. The second-order valence-corrected chi connectivity index (χ2v) is 8.33. The Balaban J connectivity index is 1.42. The molecule has 6 heteroatoms. The van der Waals surface area contributed by atoms with Crippen LogP contribution >= 0.6 is 0 Å². The van der Waals surface area contributed by atoms with Crippen molar-refractivity contribution in [3.8, 4) is 5.75 Å². The van der Waals surface area contributed by atoms with E-state index in [1.807, 2.05) is 37.3 Å². The van der Waals surface area contributed by atoms with Gasteiger partial charge in [0.15, 0.2) is 0 Å². The van der Waals surface area contributed by atoms with E-state index in [0.29, 0.717) is 29.9 Å². The number of hydrogen-bond acceptors (Lipinski definition) is 5. The van der Waals surface area contributed by atoms with E-state index in [2.05, 4.69) is 22.3 Å². The van der Waals surface area contributed by atoms with Crippen LogP contribution in [-0.2, 0) is 11.2 Å². The summed E-state index contributed by atoms with van der Waals surface area (Å²) in [6.07, 6.45) is 2.98. The van der Waals surface area contributed by atoms with Crippen LogP contribution in [0.4, 0.5) is 0 Å². The number of carbonyl (C=O) groups excluding carboxylic acids is 1. The van der Waals surface area contributed by atoms with E-state index >= 15 is 0 Å². The van der Waals surface area contributed by atoms with E-state index in [1.165, 1.54) is 18.4 Å². The van der Waals surface area contributed by atoms with Gasteiger partial charge in [0.05, 0.1) is 13.2 Å². The molecule has 1 atom stereocenters. The quantitative estimate of drug-likeness (QED) is 0.543. The molecule has 0 radical (unpaired) electrons. The van der Waals surface area contributed by atoms with Crippen molar-refractivity contribution in [2.24, 2.45) is 0 Å². The summed E-state index contributed by atoms with van der Waals surface area (Å²) in [5.41, 5.74) is 2.73.